The van der Waals surface area contributed by atoms with Crippen LogP contribution < -0.4 is 10.8 Å². The fourth-order valence-electron chi connectivity index (χ4n) is 1.19. The van der Waals surface area contributed by atoms with E-state index in [9.17, 15) is 4.79 Å². The van der Waals surface area contributed by atoms with Crippen molar-refractivity contribution >= 4 is 17.7 Å². The van der Waals surface area contributed by atoms with Gasteiger partial charge in [-0.1, -0.05) is 0 Å². The molecule has 1 rings (SSSR count). The van der Waals surface area contributed by atoms with Crippen LogP contribution in [0.1, 0.15) is 12.8 Å². The molecule has 1 aliphatic rings. The molecular formula is C7H14N2O2S. The summed E-state index contributed by atoms with van der Waals surface area (Å²) >= 11 is 1.62. The number of thioether (sulfide) groups is 1. The molecule has 0 spiro atoms. The molecule has 0 aliphatic carbocycles. The molecule has 0 unspecified atom stereocenters. The van der Waals surface area contributed by atoms with Crippen molar-refractivity contribution in [2.75, 3.05) is 18.8 Å². The van der Waals surface area contributed by atoms with E-state index in [1.165, 1.54) is 0 Å². The Labute approximate surface area is 76.1 Å². The van der Waals surface area contributed by atoms with Gasteiger partial charge in [0.1, 0.15) is 0 Å². The number of carbonyl (C=O) groups excluding carboxylic acids is 1. The zero-order valence-electron chi connectivity index (χ0n) is 6.88. The standard InChI is InChI=1S/C7H14N2O2S/c10-7(9-11)5-12-6-1-3-8-4-2-6/h6,8,11H,1-5H2,(H,9,10). The van der Waals surface area contributed by atoms with Crippen molar-refractivity contribution in [2.24, 2.45) is 0 Å². The monoisotopic (exact) mass is 190 g/mol. The number of carbonyl (C=O) groups is 1. The number of piperidine rings is 1. The van der Waals surface area contributed by atoms with E-state index in [0.717, 1.165) is 25.9 Å². The molecule has 0 bridgehead atoms. The van der Waals surface area contributed by atoms with E-state index in [2.05, 4.69) is 5.32 Å². The summed E-state index contributed by atoms with van der Waals surface area (Å²) in [7, 11) is 0. The molecule has 0 aromatic carbocycles. The van der Waals surface area contributed by atoms with E-state index in [4.69, 9.17) is 5.21 Å². The number of hydrogen-bond acceptors (Lipinski definition) is 4. The van der Waals surface area contributed by atoms with Crippen molar-refractivity contribution in [2.45, 2.75) is 18.1 Å². The van der Waals surface area contributed by atoms with Crippen molar-refractivity contribution in [3.8, 4) is 0 Å². The normalized spacial score (nSPS) is 19.1. The van der Waals surface area contributed by atoms with Gasteiger partial charge in [-0.25, -0.2) is 5.48 Å². The molecule has 0 radical (unpaired) electrons. The Hall–Kier alpha value is -0.260. The molecular weight excluding hydrogens is 176 g/mol. The highest BCUT2D eigenvalue weighted by atomic mass is 32.2. The van der Waals surface area contributed by atoms with Crippen LogP contribution in [-0.2, 0) is 4.79 Å². The number of rotatable bonds is 3. The summed E-state index contributed by atoms with van der Waals surface area (Å²) in [5, 5.41) is 12.1. The predicted molar refractivity (Wildman–Crippen MR) is 48.3 cm³/mol. The largest absolute Gasteiger partial charge is 0.317 e. The fraction of sp³-hybridized carbons (Fsp3) is 0.857. The average molecular weight is 190 g/mol. The zero-order valence-corrected chi connectivity index (χ0v) is 7.69. The smallest absolute Gasteiger partial charge is 0.253 e. The third-order valence-corrected chi connectivity index (χ3v) is 3.23. The van der Waals surface area contributed by atoms with Gasteiger partial charge in [0.15, 0.2) is 0 Å². The molecule has 1 saturated heterocycles. The highest BCUT2D eigenvalue weighted by molar-refractivity contribution is 8.00. The van der Waals surface area contributed by atoms with Crippen molar-refractivity contribution in [1.82, 2.24) is 10.8 Å². The maximum atomic E-state index is 10.7. The lowest BCUT2D eigenvalue weighted by molar-refractivity contribution is -0.126. The molecule has 0 saturated carbocycles. The Morgan fingerprint density at radius 1 is 1.58 bits per heavy atom. The molecule has 0 aromatic heterocycles. The molecule has 1 aliphatic heterocycles. The van der Waals surface area contributed by atoms with Crippen LogP contribution in [0.15, 0.2) is 0 Å². The lowest BCUT2D eigenvalue weighted by atomic mass is 10.2. The van der Waals surface area contributed by atoms with E-state index < -0.39 is 0 Å². The first kappa shape index (κ1) is 9.83. The first-order chi connectivity index (χ1) is 5.83. The summed E-state index contributed by atoms with van der Waals surface area (Å²) in [4.78, 5) is 10.7. The van der Waals surface area contributed by atoms with Crippen LogP contribution >= 0.6 is 11.8 Å². The Kier molecular flexibility index (Phi) is 4.42. The molecule has 0 aromatic rings. The van der Waals surface area contributed by atoms with E-state index in [0.29, 0.717) is 11.0 Å². The lowest BCUT2D eigenvalue weighted by Crippen LogP contribution is -2.30. The Bertz CT molecular complexity index is 148. The third kappa shape index (κ3) is 3.42. The fourth-order valence-corrected chi connectivity index (χ4v) is 2.21. The number of hydrogen-bond donors (Lipinski definition) is 3. The minimum Gasteiger partial charge on any atom is -0.317 e. The summed E-state index contributed by atoms with van der Waals surface area (Å²) in [6, 6.07) is 0. The summed E-state index contributed by atoms with van der Waals surface area (Å²) in [6.07, 6.45) is 2.23. The van der Waals surface area contributed by atoms with Crippen LogP contribution in [0.4, 0.5) is 0 Å². The molecule has 12 heavy (non-hydrogen) atoms. The van der Waals surface area contributed by atoms with Gasteiger partial charge in [0, 0.05) is 5.25 Å². The lowest BCUT2D eigenvalue weighted by Gasteiger charge is -2.21. The van der Waals surface area contributed by atoms with E-state index >= 15 is 0 Å². The second kappa shape index (κ2) is 5.40. The summed E-state index contributed by atoms with van der Waals surface area (Å²) in [6.45, 7) is 2.08. The van der Waals surface area contributed by atoms with Crippen molar-refractivity contribution < 1.29 is 10.0 Å². The molecule has 1 heterocycles. The second-order valence-electron chi connectivity index (χ2n) is 2.80. The first-order valence-electron chi connectivity index (χ1n) is 4.08. The molecule has 1 fully saturated rings. The van der Waals surface area contributed by atoms with Crippen LogP contribution in [0.5, 0.6) is 0 Å². The van der Waals surface area contributed by atoms with E-state index in [-0.39, 0.29) is 5.91 Å². The van der Waals surface area contributed by atoms with Gasteiger partial charge in [-0.05, 0) is 25.9 Å². The van der Waals surface area contributed by atoms with Gasteiger partial charge >= 0.3 is 0 Å². The van der Waals surface area contributed by atoms with Gasteiger partial charge in [-0.3, -0.25) is 10.0 Å². The van der Waals surface area contributed by atoms with Gasteiger partial charge in [-0.2, -0.15) is 0 Å². The summed E-state index contributed by atoms with van der Waals surface area (Å²) in [5.41, 5.74) is 1.63. The van der Waals surface area contributed by atoms with Crippen LogP contribution in [-0.4, -0.2) is 35.2 Å². The maximum Gasteiger partial charge on any atom is 0.253 e. The predicted octanol–water partition coefficient (Wildman–Crippen LogP) is -0.0230. The zero-order chi connectivity index (χ0) is 8.81. The molecule has 0 atom stereocenters. The molecule has 5 heteroatoms. The highest BCUT2D eigenvalue weighted by Gasteiger charge is 2.14. The minimum atomic E-state index is -0.307. The number of hydroxylamine groups is 1. The van der Waals surface area contributed by atoms with Crippen LogP contribution in [0.3, 0.4) is 0 Å². The van der Waals surface area contributed by atoms with E-state index in [1.807, 2.05) is 0 Å². The first-order valence-corrected chi connectivity index (χ1v) is 5.13. The molecule has 1 amide bonds. The van der Waals surface area contributed by atoms with Gasteiger partial charge in [0.25, 0.3) is 5.91 Å². The van der Waals surface area contributed by atoms with E-state index in [1.54, 1.807) is 17.2 Å². The topological polar surface area (TPSA) is 61.4 Å². The highest BCUT2D eigenvalue weighted by Crippen LogP contribution is 2.19. The van der Waals surface area contributed by atoms with Gasteiger partial charge in [-0.15, -0.1) is 11.8 Å². The number of amides is 1. The molecule has 3 N–H and O–H groups in total. The van der Waals surface area contributed by atoms with Gasteiger partial charge in [0.05, 0.1) is 5.75 Å². The van der Waals surface area contributed by atoms with Crippen molar-refractivity contribution in [1.29, 1.82) is 0 Å². The van der Waals surface area contributed by atoms with Crippen LogP contribution in [0.25, 0.3) is 0 Å². The van der Waals surface area contributed by atoms with Gasteiger partial charge < -0.3 is 5.32 Å². The molecule has 70 valence electrons. The Balaban J connectivity index is 2.09. The summed E-state index contributed by atoms with van der Waals surface area (Å²) < 4.78 is 0. The van der Waals surface area contributed by atoms with Gasteiger partial charge in [0.2, 0.25) is 0 Å². The maximum absolute atomic E-state index is 10.7. The van der Waals surface area contributed by atoms with Crippen molar-refractivity contribution in [3.05, 3.63) is 0 Å². The molecule has 4 nitrogen and oxygen atoms in total. The average Bonchev–Trinajstić information content (AvgIpc) is 2.16. The Morgan fingerprint density at radius 3 is 2.83 bits per heavy atom. The third-order valence-electron chi connectivity index (χ3n) is 1.86. The van der Waals surface area contributed by atoms with Crippen LogP contribution in [0.2, 0.25) is 0 Å². The van der Waals surface area contributed by atoms with Crippen LogP contribution in [0, 0.1) is 0 Å². The minimum absolute atomic E-state index is 0.307. The van der Waals surface area contributed by atoms with Crippen molar-refractivity contribution in [3.63, 3.8) is 0 Å². The SMILES string of the molecule is O=C(CSC1CCNCC1)NO. The number of nitrogens with one attached hydrogen (secondary N) is 2. The Morgan fingerprint density at radius 2 is 2.25 bits per heavy atom. The summed E-state index contributed by atoms with van der Waals surface area (Å²) in [5.74, 6) is 0.0554. The quantitative estimate of drug-likeness (QED) is 0.432. The second-order valence-corrected chi connectivity index (χ2v) is 4.08.